The Labute approximate surface area is 160 Å². The monoisotopic (exact) mass is 387 g/mol. The number of rotatable bonds is 5. The summed E-state index contributed by atoms with van der Waals surface area (Å²) in [6, 6.07) is 6.98. The van der Waals surface area contributed by atoms with E-state index in [1.165, 1.54) is 0 Å². The maximum atomic E-state index is 12.5. The molecule has 0 aliphatic carbocycles. The zero-order valence-corrected chi connectivity index (χ0v) is 15.5. The molecule has 2 saturated heterocycles. The number of hydrogen-bond acceptors (Lipinski definition) is 7. The minimum atomic E-state index is -0.147. The van der Waals surface area contributed by atoms with Crippen LogP contribution in [0.25, 0.3) is 11.4 Å². The lowest BCUT2D eigenvalue weighted by molar-refractivity contribution is -0.131. The molecule has 3 heterocycles. The highest BCUT2D eigenvalue weighted by Gasteiger charge is 2.33. The van der Waals surface area contributed by atoms with Crippen LogP contribution in [0, 0.1) is 5.92 Å². The first-order valence-electron chi connectivity index (χ1n) is 8.92. The molecule has 2 aromatic rings. The van der Waals surface area contributed by atoms with E-state index in [4.69, 9.17) is 0 Å². The van der Waals surface area contributed by atoms with Crippen LogP contribution < -0.4 is 10.6 Å². The number of carbonyl (C=O) groups is 2. The quantitative estimate of drug-likeness (QED) is 0.667. The Bertz CT molecular complexity index is 807. The van der Waals surface area contributed by atoms with Crippen LogP contribution in [0.5, 0.6) is 0 Å². The van der Waals surface area contributed by atoms with E-state index in [0.717, 1.165) is 36.7 Å². The van der Waals surface area contributed by atoms with Gasteiger partial charge in [-0.05, 0) is 29.7 Å². The molecule has 3 N–H and O–H groups in total. The predicted molar refractivity (Wildman–Crippen MR) is 101 cm³/mol. The number of hydrogen-bond donors (Lipinski definition) is 3. The average Bonchev–Trinajstić information content (AvgIpc) is 3.48. The van der Waals surface area contributed by atoms with Gasteiger partial charge in [-0.15, -0.1) is 22.0 Å². The molecule has 142 valence electrons. The normalized spacial score (nSPS) is 22.1. The molecule has 2 atom stereocenters. The molecule has 1 aromatic carbocycles. The molecule has 2 aliphatic heterocycles. The fourth-order valence-electron chi connectivity index (χ4n) is 3.38. The van der Waals surface area contributed by atoms with Gasteiger partial charge in [0.05, 0.1) is 11.9 Å². The number of carbonyl (C=O) groups excluding carboxylic acids is 2. The molecule has 2 aliphatic rings. The largest absolute Gasteiger partial charge is 0.352 e. The van der Waals surface area contributed by atoms with Crippen molar-refractivity contribution >= 4 is 23.6 Å². The molecule has 0 saturated carbocycles. The van der Waals surface area contributed by atoms with Crippen LogP contribution in [0.2, 0.25) is 0 Å². The van der Waals surface area contributed by atoms with Crippen LogP contribution in [0.15, 0.2) is 24.3 Å². The van der Waals surface area contributed by atoms with Gasteiger partial charge in [-0.25, -0.2) is 0 Å². The summed E-state index contributed by atoms with van der Waals surface area (Å²) in [6.45, 7) is 2.11. The van der Waals surface area contributed by atoms with E-state index in [1.807, 2.05) is 11.0 Å². The molecule has 9 nitrogen and oxygen atoms in total. The summed E-state index contributed by atoms with van der Waals surface area (Å²) in [5.41, 5.74) is 1.28. The highest BCUT2D eigenvalue weighted by molar-refractivity contribution is 7.99. The van der Waals surface area contributed by atoms with E-state index in [-0.39, 0.29) is 23.8 Å². The number of amides is 2. The van der Waals surface area contributed by atoms with Crippen molar-refractivity contribution in [2.45, 2.75) is 12.5 Å². The molecule has 10 heteroatoms. The zero-order valence-electron chi connectivity index (χ0n) is 14.7. The summed E-state index contributed by atoms with van der Waals surface area (Å²) < 4.78 is 0. The predicted octanol–water partition coefficient (Wildman–Crippen LogP) is 0.108. The van der Waals surface area contributed by atoms with Gasteiger partial charge in [0.2, 0.25) is 11.7 Å². The summed E-state index contributed by atoms with van der Waals surface area (Å²) in [5, 5.41) is 20.1. The van der Waals surface area contributed by atoms with Crippen LogP contribution in [-0.2, 0) is 4.79 Å². The molecule has 1 aromatic heterocycles. The maximum absolute atomic E-state index is 12.5. The molecular formula is C17H21N7O2S. The first-order valence-corrected chi connectivity index (χ1v) is 10.1. The van der Waals surface area contributed by atoms with Gasteiger partial charge in [-0.2, -0.15) is 5.21 Å². The number of aromatic nitrogens is 4. The minimum Gasteiger partial charge on any atom is -0.352 e. The number of thioether (sulfide) groups is 1. The van der Waals surface area contributed by atoms with Gasteiger partial charge < -0.3 is 15.5 Å². The number of tetrazole rings is 1. The SMILES string of the molecule is O=C(NCC1CN[C@H](C(=O)N2CCSC2)C1)c1cccc(-c2nn[nH]n2)c1. The van der Waals surface area contributed by atoms with E-state index < -0.39 is 0 Å². The molecule has 1 unspecified atom stereocenters. The van der Waals surface area contributed by atoms with E-state index in [1.54, 1.807) is 30.0 Å². The summed E-state index contributed by atoms with van der Waals surface area (Å²) >= 11 is 1.79. The van der Waals surface area contributed by atoms with Crippen molar-refractivity contribution in [3.05, 3.63) is 29.8 Å². The smallest absolute Gasteiger partial charge is 0.251 e. The highest BCUT2D eigenvalue weighted by atomic mass is 32.2. The molecule has 27 heavy (non-hydrogen) atoms. The first-order chi connectivity index (χ1) is 13.2. The second-order valence-electron chi connectivity index (χ2n) is 6.73. The van der Waals surface area contributed by atoms with Crippen LogP contribution in [0.3, 0.4) is 0 Å². The molecular weight excluding hydrogens is 366 g/mol. The van der Waals surface area contributed by atoms with Crippen LogP contribution in [0.1, 0.15) is 16.8 Å². The summed E-state index contributed by atoms with van der Waals surface area (Å²) in [6.07, 6.45) is 0.753. The van der Waals surface area contributed by atoms with Crippen molar-refractivity contribution in [1.29, 1.82) is 0 Å². The van der Waals surface area contributed by atoms with Crippen molar-refractivity contribution < 1.29 is 9.59 Å². The Morgan fingerprint density at radius 2 is 2.30 bits per heavy atom. The van der Waals surface area contributed by atoms with E-state index in [2.05, 4.69) is 31.3 Å². The van der Waals surface area contributed by atoms with Gasteiger partial charge in [0.25, 0.3) is 5.91 Å². The topological polar surface area (TPSA) is 116 Å². The van der Waals surface area contributed by atoms with Crippen molar-refractivity contribution in [1.82, 2.24) is 36.2 Å². The second-order valence-corrected chi connectivity index (χ2v) is 7.80. The minimum absolute atomic E-state index is 0.132. The Kier molecular flexibility index (Phi) is 5.35. The molecule has 4 rings (SSSR count). The zero-order chi connectivity index (χ0) is 18.6. The van der Waals surface area contributed by atoms with Gasteiger partial charge in [0.15, 0.2) is 0 Å². The fourth-order valence-corrected chi connectivity index (χ4v) is 4.34. The Morgan fingerprint density at radius 1 is 1.37 bits per heavy atom. The van der Waals surface area contributed by atoms with Crippen LogP contribution in [-0.4, -0.2) is 74.6 Å². The number of aromatic amines is 1. The van der Waals surface area contributed by atoms with Gasteiger partial charge in [0, 0.05) is 36.5 Å². The lowest BCUT2D eigenvalue weighted by atomic mass is 10.0. The van der Waals surface area contributed by atoms with Crippen molar-refractivity contribution in [2.75, 3.05) is 31.3 Å². The Balaban J connectivity index is 1.30. The molecule has 2 fully saturated rings. The van der Waals surface area contributed by atoms with Gasteiger partial charge in [-0.1, -0.05) is 12.1 Å². The Morgan fingerprint density at radius 3 is 3.07 bits per heavy atom. The van der Waals surface area contributed by atoms with E-state index in [9.17, 15) is 9.59 Å². The lowest BCUT2D eigenvalue weighted by Crippen LogP contribution is -2.42. The summed E-state index contributed by atoms with van der Waals surface area (Å²) in [5.74, 6) is 2.54. The average molecular weight is 387 g/mol. The maximum Gasteiger partial charge on any atom is 0.251 e. The van der Waals surface area contributed by atoms with E-state index in [0.29, 0.717) is 17.9 Å². The fraction of sp³-hybridized carbons (Fsp3) is 0.471. The van der Waals surface area contributed by atoms with Crippen LogP contribution >= 0.6 is 11.8 Å². The van der Waals surface area contributed by atoms with E-state index >= 15 is 0 Å². The molecule has 0 bridgehead atoms. The third kappa shape index (κ3) is 4.11. The molecule has 2 amide bonds. The second kappa shape index (κ2) is 8.05. The summed E-state index contributed by atoms with van der Waals surface area (Å²) in [4.78, 5) is 26.8. The number of benzene rings is 1. The van der Waals surface area contributed by atoms with Crippen molar-refractivity contribution in [3.8, 4) is 11.4 Å². The van der Waals surface area contributed by atoms with Crippen molar-refractivity contribution in [2.24, 2.45) is 5.92 Å². The first kappa shape index (κ1) is 17.9. The van der Waals surface area contributed by atoms with Crippen molar-refractivity contribution in [3.63, 3.8) is 0 Å². The highest BCUT2D eigenvalue weighted by Crippen LogP contribution is 2.20. The van der Waals surface area contributed by atoms with Gasteiger partial charge >= 0.3 is 0 Å². The molecule has 0 spiro atoms. The standard InChI is InChI=1S/C17H21N7O2S/c25-16(13-3-1-2-12(7-13)15-20-22-23-21-15)19-9-11-6-14(18-8-11)17(26)24-4-5-27-10-24/h1-3,7,11,14,18H,4-6,8-10H2,(H,19,25)(H,20,21,22,23)/t11?,14-/m0/s1. The number of H-pyrrole nitrogens is 1. The summed E-state index contributed by atoms with van der Waals surface area (Å²) in [7, 11) is 0. The molecule has 0 radical (unpaired) electrons. The third-order valence-electron chi connectivity index (χ3n) is 4.86. The number of nitrogens with zero attached hydrogens (tertiary/aromatic N) is 4. The van der Waals surface area contributed by atoms with Crippen LogP contribution in [0.4, 0.5) is 0 Å². The number of nitrogens with one attached hydrogen (secondary N) is 3. The lowest BCUT2D eigenvalue weighted by Gasteiger charge is -2.19. The third-order valence-corrected chi connectivity index (χ3v) is 5.83. The Hall–Kier alpha value is -2.46. The van der Waals surface area contributed by atoms with Gasteiger partial charge in [-0.3, -0.25) is 9.59 Å². The van der Waals surface area contributed by atoms with Gasteiger partial charge in [0.1, 0.15) is 0 Å².